The number of rotatable bonds is 4. The Morgan fingerprint density at radius 2 is 1.93 bits per heavy atom. The fourth-order valence-electron chi connectivity index (χ4n) is 4.00. The predicted octanol–water partition coefficient (Wildman–Crippen LogP) is 1.82. The van der Waals surface area contributed by atoms with E-state index < -0.39 is 29.4 Å². The molecule has 1 saturated heterocycles. The number of H-pyrrole nitrogens is 1. The minimum atomic E-state index is -0.937. The topological polar surface area (TPSA) is 121 Å². The van der Waals surface area contributed by atoms with Crippen LogP contribution >= 0.6 is 0 Å². The zero-order chi connectivity index (χ0) is 20.6. The molecule has 1 aliphatic carbocycles. The van der Waals surface area contributed by atoms with Crippen LogP contribution in [0.15, 0.2) is 0 Å². The number of methoxy groups -OCH3 is 1. The molecule has 3 rings (SSSR count). The highest BCUT2D eigenvalue weighted by Gasteiger charge is 2.53. The minimum Gasteiger partial charge on any atom is -0.465 e. The standard InChI is InChI=1S/C19H26N4O5/c1-5-12-13(16(25)28-4)11(3)14(20-12)15(24)22-23-17(26)19(21-18(23)27)8-6-10(2)7-9-19/h10,20H,5-9H2,1-4H3,(H,21,27)(H,22,24). The number of aryl methyl sites for hydroxylation is 1. The number of hydrogen-bond acceptors (Lipinski definition) is 5. The van der Waals surface area contributed by atoms with Crippen LogP contribution in [-0.2, 0) is 16.0 Å². The molecule has 0 bridgehead atoms. The molecule has 152 valence electrons. The fourth-order valence-corrected chi connectivity index (χ4v) is 4.00. The van der Waals surface area contributed by atoms with Gasteiger partial charge in [-0.3, -0.25) is 15.0 Å². The largest absolute Gasteiger partial charge is 0.465 e. The van der Waals surface area contributed by atoms with Gasteiger partial charge in [-0.2, -0.15) is 5.01 Å². The van der Waals surface area contributed by atoms with Gasteiger partial charge in [0.1, 0.15) is 11.2 Å². The molecule has 4 amide bonds. The number of carbonyl (C=O) groups excluding carboxylic acids is 4. The molecule has 0 atom stereocenters. The summed E-state index contributed by atoms with van der Waals surface area (Å²) in [4.78, 5) is 52.9. The second kappa shape index (κ2) is 7.29. The van der Waals surface area contributed by atoms with Gasteiger partial charge in [0.05, 0.1) is 12.7 Å². The van der Waals surface area contributed by atoms with Crippen molar-refractivity contribution < 1.29 is 23.9 Å². The summed E-state index contributed by atoms with van der Waals surface area (Å²) in [5, 5.41) is 3.51. The first-order valence-electron chi connectivity index (χ1n) is 9.51. The molecule has 2 aliphatic rings. The van der Waals surface area contributed by atoms with Gasteiger partial charge in [0.15, 0.2) is 0 Å². The summed E-state index contributed by atoms with van der Waals surface area (Å²) in [6, 6.07) is -0.638. The molecule has 2 fully saturated rings. The van der Waals surface area contributed by atoms with Crippen LogP contribution in [0.1, 0.15) is 71.6 Å². The fraction of sp³-hybridized carbons (Fsp3) is 0.579. The number of amides is 4. The lowest BCUT2D eigenvalue weighted by Crippen LogP contribution is -2.51. The number of hydrogen-bond donors (Lipinski definition) is 3. The zero-order valence-electron chi connectivity index (χ0n) is 16.6. The summed E-state index contributed by atoms with van der Waals surface area (Å²) < 4.78 is 4.78. The van der Waals surface area contributed by atoms with Crippen LogP contribution in [0, 0.1) is 12.8 Å². The van der Waals surface area contributed by atoms with Gasteiger partial charge < -0.3 is 15.0 Å². The second-order valence-electron chi connectivity index (χ2n) is 7.60. The highest BCUT2D eigenvalue weighted by molar-refractivity contribution is 6.09. The van der Waals surface area contributed by atoms with Gasteiger partial charge in [0.25, 0.3) is 11.8 Å². The highest BCUT2D eigenvalue weighted by atomic mass is 16.5. The Morgan fingerprint density at radius 1 is 1.29 bits per heavy atom. The lowest BCUT2D eigenvalue weighted by atomic mass is 9.77. The van der Waals surface area contributed by atoms with Crippen molar-refractivity contribution in [1.29, 1.82) is 0 Å². The van der Waals surface area contributed by atoms with Crippen LogP contribution in [0.2, 0.25) is 0 Å². The number of hydrazine groups is 1. The Bertz CT molecular complexity index is 836. The van der Waals surface area contributed by atoms with Crippen molar-refractivity contribution in [1.82, 2.24) is 20.7 Å². The highest BCUT2D eigenvalue weighted by Crippen LogP contribution is 2.35. The summed E-state index contributed by atoms with van der Waals surface area (Å²) in [6.45, 7) is 5.57. The Kier molecular flexibility index (Phi) is 5.18. The van der Waals surface area contributed by atoms with Gasteiger partial charge in [-0.1, -0.05) is 13.8 Å². The van der Waals surface area contributed by atoms with Crippen molar-refractivity contribution in [3.63, 3.8) is 0 Å². The molecule has 2 heterocycles. The number of imide groups is 1. The molecule has 0 aromatic carbocycles. The first-order valence-corrected chi connectivity index (χ1v) is 9.51. The van der Waals surface area contributed by atoms with Gasteiger partial charge in [-0.15, -0.1) is 0 Å². The third-order valence-corrected chi connectivity index (χ3v) is 5.80. The van der Waals surface area contributed by atoms with E-state index in [1.807, 2.05) is 6.92 Å². The van der Waals surface area contributed by atoms with Crippen LogP contribution in [0.3, 0.4) is 0 Å². The van der Waals surface area contributed by atoms with Crippen molar-refractivity contribution in [2.45, 2.75) is 58.4 Å². The normalized spacial score (nSPS) is 24.4. The van der Waals surface area contributed by atoms with Crippen molar-refractivity contribution in [2.75, 3.05) is 7.11 Å². The maximum Gasteiger partial charge on any atom is 0.344 e. The quantitative estimate of drug-likeness (QED) is 0.535. The Morgan fingerprint density at radius 3 is 2.50 bits per heavy atom. The predicted molar refractivity (Wildman–Crippen MR) is 99.5 cm³/mol. The van der Waals surface area contributed by atoms with Crippen molar-refractivity contribution in [2.24, 2.45) is 5.92 Å². The van der Waals surface area contributed by atoms with Gasteiger partial charge >= 0.3 is 12.0 Å². The molecular formula is C19H26N4O5. The molecule has 1 saturated carbocycles. The van der Waals surface area contributed by atoms with E-state index in [0.29, 0.717) is 42.0 Å². The first-order chi connectivity index (χ1) is 13.2. The van der Waals surface area contributed by atoms with Crippen LogP contribution in [0.5, 0.6) is 0 Å². The van der Waals surface area contributed by atoms with E-state index in [1.54, 1.807) is 6.92 Å². The Balaban J connectivity index is 1.82. The number of nitrogens with one attached hydrogen (secondary N) is 3. The third-order valence-electron chi connectivity index (χ3n) is 5.80. The molecule has 9 heteroatoms. The number of aromatic nitrogens is 1. The summed E-state index contributed by atoms with van der Waals surface area (Å²) in [5.74, 6) is -1.14. The van der Waals surface area contributed by atoms with Crippen LogP contribution in [0.25, 0.3) is 0 Å². The summed E-state index contributed by atoms with van der Waals surface area (Å²) in [7, 11) is 1.27. The second-order valence-corrected chi connectivity index (χ2v) is 7.60. The lowest BCUT2D eigenvalue weighted by Gasteiger charge is -2.33. The molecule has 28 heavy (non-hydrogen) atoms. The first kappa shape index (κ1) is 19.9. The van der Waals surface area contributed by atoms with E-state index in [1.165, 1.54) is 7.11 Å². The lowest BCUT2D eigenvalue weighted by molar-refractivity contribution is -0.134. The number of carbonyl (C=O) groups is 4. The molecule has 1 aromatic rings. The van der Waals surface area contributed by atoms with E-state index >= 15 is 0 Å². The smallest absolute Gasteiger partial charge is 0.344 e. The molecule has 3 N–H and O–H groups in total. The SMILES string of the molecule is CCc1[nH]c(C(=O)NN2C(=O)NC3(CCC(C)CC3)C2=O)c(C)c1C(=O)OC. The van der Waals surface area contributed by atoms with Crippen molar-refractivity contribution in [3.8, 4) is 0 Å². The number of nitrogens with zero attached hydrogens (tertiary/aromatic N) is 1. The molecule has 1 aromatic heterocycles. The van der Waals surface area contributed by atoms with E-state index in [0.717, 1.165) is 17.9 Å². The monoisotopic (exact) mass is 390 g/mol. The number of esters is 1. The Hall–Kier alpha value is -2.84. The van der Waals surface area contributed by atoms with Crippen LogP contribution < -0.4 is 10.7 Å². The molecule has 1 aliphatic heterocycles. The van der Waals surface area contributed by atoms with E-state index in [2.05, 4.69) is 22.7 Å². The summed E-state index contributed by atoms with van der Waals surface area (Å²) in [6.07, 6.45) is 3.28. The van der Waals surface area contributed by atoms with Crippen LogP contribution in [0.4, 0.5) is 4.79 Å². The minimum absolute atomic E-state index is 0.121. The van der Waals surface area contributed by atoms with E-state index in [9.17, 15) is 19.2 Å². The maximum absolute atomic E-state index is 12.9. The Labute approximate surface area is 163 Å². The van der Waals surface area contributed by atoms with Gasteiger partial charge in [0, 0.05) is 5.69 Å². The average Bonchev–Trinajstić information content (AvgIpc) is 3.13. The number of ether oxygens (including phenoxy) is 1. The van der Waals surface area contributed by atoms with Gasteiger partial charge in [0.2, 0.25) is 0 Å². The molecule has 0 radical (unpaired) electrons. The third kappa shape index (κ3) is 3.14. The van der Waals surface area contributed by atoms with Crippen LogP contribution in [-0.4, -0.2) is 46.5 Å². The molecule has 1 spiro atoms. The van der Waals surface area contributed by atoms with E-state index in [-0.39, 0.29) is 5.69 Å². The maximum atomic E-state index is 12.9. The summed E-state index contributed by atoms with van der Waals surface area (Å²) in [5.41, 5.74) is 2.84. The number of aromatic amines is 1. The zero-order valence-corrected chi connectivity index (χ0v) is 16.6. The van der Waals surface area contributed by atoms with E-state index in [4.69, 9.17) is 4.74 Å². The van der Waals surface area contributed by atoms with Gasteiger partial charge in [-0.05, 0) is 50.5 Å². The molecule has 0 unspecified atom stereocenters. The average molecular weight is 390 g/mol. The number of urea groups is 1. The molecule has 9 nitrogen and oxygen atoms in total. The molecular weight excluding hydrogens is 364 g/mol. The summed E-state index contributed by atoms with van der Waals surface area (Å²) >= 11 is 0. The van der Waals surface area contributed by atoms with Gasteiger partial charge in [-0.25, -0.2) is 9.59 Å². The van der Waals surface area contributed by atoms with Crippen molar-refractivity contribution in [3.05, 3.63) is 22.5 Å². The van der Waals surface area contributed by atoms with Crippen molar-refractivity contribution >= 4 is 23.8 Å².